The van der Waals surface area contributed by atoms with E-state index in [1.807, 2.05) is 24.3 Å². The molecule has 0 aliphatic rings. The van der Waals surface area contributed by atoms with Crippen molar-refractivity contribution in [3.63, 3.8) is 0 Å². The van der Waals surface area contributed by atoms with Crippen LogP contribution in [0.1, 0.15) is 57.4 Å². The van der Waals surface area contributed by atoms with E-state index in [2.05, 4.69) is 22.1 Å². The van der Waals surface area contributed by atoms with Crippen LogP contribution in [0, 0.1) is 0 Å². The molecule has 1 heterocycles. The Morgan fingerprint density at radius 3 is 2.46 bits per heavy atom. The molecule has 0 amide bonds. The molecule has 1 aromatic carbocycles. The molecule has 4 nitrogen and oxygen atoms in total. The molecule has 0 spiro atoms. The zero-order valence-corrected chi connectivity index (χ0v) is 14.5. The van der Waals surface area contributed by atoms with Crippen molar-refractivity contribution in [2.45, 2.75) is 58.3 Å². The van der Waals surface area contributed by atoms with Crippen LogP contribution in [0.25, 0.3) is 0 Å². The molecule has 2 aromatic rings. The highest BCUT2D eigenvalue weighted by molar-refractivity contribution is 5.52. The summed E-state index contributed by atoms with van der Waals surface area (Å²) in [6.45, 7) is 2.24. The molecule has 0 atom stereocenters. The summed E-state index contributed by atoms with van der Waals surface area (Å²) in [5.74, 6) is 0.687. The first kappa shape index (κ1) is 18.1. The third-order valence-corrected chi connectivity index (χ3v) is 4.02. The van der Waals surface area contributed by atoms with E-state index < -0.39 is 0 Å². The second-order valence-corrected chi connectivity index (χ2v) is 6.08. The molecule has 0 fully saturated rings. The lowest BCUT2D eigenvalue weighted by molar-refractivity contribution is 0.476. The Hall–Kier alpha value is -2.23. The summed E-state index contributed by atoms with van der Waals surface area (Å²) < 4.78 is 0. The number of azo groups is 1. The number of pyridine rings is 1. The molecule has 0 saturated heterocycles. The maximum atomic E-state index is 9.93. The number of aromatic hydroxyl groups is 1. The minimum atomic E-state index is 0.151. The zero-order valence-electron chi connectivity index (χ0n) is 14.5. The molecule has 0 radical (unpaired) electrons. The van der Waals surface area contributed by atoms with E-state index in [9.17, 15) is 5.11 Å². The van der Waals surface area contributed by atoms with Crippen molar-refractivity contribution in [1.82, 2.24) is 4.98 Å². The van der Waals surface area contributed by atoms with Gasteiger partial charge in [-0.25, -0.2) is 4.98 Å². The number of aromatic nitrogens is 1. The Labute approximate surface area is 144 Å². The molecule has 0 saturated carbocycles. The predicted octanol–water partition coefficient (Wildman–Crippen LogP) is 6.50. The van der Waals surface area contributed by atoms with Crippen LogP contribution < -0.4 is 0 Å². The molecule has 0 aliphatic heterocycles. The Morgan fingerprint density at radius 1 is 0.917 bits per heavy atom. The van der Waals surface area contributed by atoms with Crippen LogP contribution in [-0.2, 0) is 6.42 Å². The van der Waals surface area contributed by atoms with Crippen molar-refractivity contribution < 1.29 is 5.11 Å². The summed E-state index contributed by atoms with van der Waals surface area (Å²) in [7, 11) is 0. The maximum Gasteiger partial charge on any atom is 0.174 e. The molecule has 128 valence electrons. The van der Waals surface area contributed by atoms with Crippen molar-refractivity contribution in [1.29, 1.82) is 0 Å². The standard InChI is InChI=1S/C20H27N3O/c1-2-3-4-5-6-7-8-11-17-13-14-19(24)18(16-17)22-23-20-12-9-10-15-21-20/h9-10,12-16,24H,2-8,11H2,1H3. The summed E-state index contributed by atoms with van der Waals surface area (Å²) in [6, 6.07) is 11.1. The van der Waals surface area contributed by atoms with Crippen molar-refractivity contribution in [2.24, 2.45) is 10.2 Å². The van der Waals surface area contributed by atoms with E-state index >= 15 is 0 Å². The minimum absolute atomic E-state index is 0.151. The van der Waals surface area contributed by atoms with E-state index in [4.69, 9.17) is 0 Å². The number of aryl methyl sites for hydroxylation is 1. The monoisotopic (exact) mass is 325 g/mol. The van der Waals surface area contributed by atoms with Gasteiger partial charge in [0.2, 0.25) is 0 Å². The quantitative estimate of drug-likeness (QED) is 0.400. The Morgan fingerprint density at radius 2 is 1.71 bits per heavy atom. The van der Waals surface area contributed by atoms with Gasteiger partial charge < -0.3 is 5.11 Å². The van der Waals surface area contributed by atoms with Gasteiger partial charge in [-0.05, 0) is 42.7 Å². The largest absolute Gasteiger partial charge is 0.506 e. The Bertz CT molecular complexity index is 626. The Kier molecular flexibility index (Phi) is 7.94. The minimum Gasteiger partial charge on any atom is -0.506 e. The van der Waals surface area contributed by atoms with E-state index in [-0.39, 0.29) is 5.75 Å². The topological polar surface area (TPSA) is 57.8 Å². The summed E-state index contributed by atoms with van der Waals surface area (Å²) in [6.07, 6.45) is 11.8. The third-order valence-electron chi connectivity index (χ3n) is 4.02. The normalized spacial score (nSPS) is 11.2. The second-order valence-electron chi connectivity index (χ2n) is 6.08. The molecule has 1 aromatic heterocycles. The van der Waals surface area contributed by atoms with Gasteiger partial charge in [-0.3, -0.25) is 0 Å². The average Bonchev–Trinajstić information content (AvgIpc) is 2.62. The summed E-state index contributed by atoms with van der Waals surface area (Å²) >= 11 is 0. The van der Waals surface area contributed by atoms with Crippen LogP contribution in [0.4, 0.5) is 11.5 Å². The number of hydrogen-bond acceptors (Lipinski definition) is 4. The highest BCUT2D eigenvalue weighted by atomic mass is 16.3. The fourth-order valence-corrected chi connectivity index (χ4v) is 2.61. The molecule has 1 N–H and O–H groups in total. The number of phenols is 1. The lowest BCUT2D eigenvalue weighted by Gasteiger charge is -2.04. The van der Waals surface area contributed by atoms with Crippen LogP contribution in [0.2, 0.25) is 0 Å². The van der Waals surface area contributed by atoms with Gasteiger partial charge in [-0.1, -0.05) is 57.6 Å². The van der Waals surface area contributed by atoms with Crippen LogP contribution in [0.15, 0.2) is 52.8 Å². The SMILES string of the molecule is CCCCCCCCCc1ccc(O)c(N=Nc2ccccn2)c1. The fraction of sp³-hybridized carbons (Fsp3) is 0.450. The molecule has 0 aliphatic carbocycles. The van der Waals surface area contributed by atoms with Crippen LogP contribution in [0.5, 0.6) is 5.75 Å². The van der Waals surface area contributed by atoms with E-state index in [0.29, 0.717) is 11.5 Å². The van der Waals surface area contributed by atoms with Gasteiger partial charge in [0.25, 0.3) is 0 Å². The first-order chi connectivity index (χ1) is 11.8. The highest BCUT2D eigenvalue weighted by Gasteiger charge is 2.03. The van der Waals surface area contributed by atoms with Gasteiger partial charge >= 0.3 is 0 Å². The zero-order chi connectivity index (χ0) is 17.0. The molecular formula is C20H27N3O. The molecular weight excluding hydrogens is 298 g/mol. The summed E-state index contributed by atoms with van der Waals surface area (Å²) in [5, 5.41) is 18.1. The fourth-order valence-electron chi connectivity index (χ4n) is 2.61. The van der Waals surface area contributed by atoms with Crippen molar-refractivity contribution >= 4 is 11.5 Å². The molecule has 4 heteroatoms. The van der Waals surface area contributed by atoms with Crippen LogP contribution >= 0.6 is 0 Å². The van der Waals surface area contributed by atoms with Gasteiger partial charge in [0.15, 0.2) is 5.82 Å². The van der Waals surface area contributed by atoms with E-state index in [1.54, 1.807) is 18.3 Å². The summed E-state index contributed by atoms with van der Waals surface area (Å²) in [5.41, 5.74) is 1.69. The number of nitrogens with zero attached hydrogens (tertiary/aromatic N) is 3. The van der Waals surface area contributed by atoms with Gasteiger partial charge in [0.05, 0.1) is 0 Å². The second kappa shape index (κ2) is 10.5. The molecule has 24 heavy (non-hydrogen) atoms. The molecule has 0 bridgehead atoms. The van der Waals surface area contributed by atoms with E-state index in [1.165, 1.54) is 50.5 Å². The van der Waals surface area contributed by atoms with E-state index in [0.717, 1.165) is 6.42 Å². The van der Waals surface area contributed by atoms with Gasteiger partial charge in [0.1, 0.15) is 11.4 Å². The van der Waals surface area contributed by atoms with Crippen LogP contribution in [0.3, 0.4) is 0 Å². The maximum absolute atomic E-state index is 9.93. The predicted molar refractivity (Wildman–Crippen MR) is 98.2 cm³/mol. The Balaban J connectivity index is 1.83. The van der Waals surface area contributed by atoms with Crippen molar-refractivity contribution in [3.8, 4) is 5.75 Å². The third kappa shape index (κ3) is 6.49. The molecule has 2 rings (SSSR count). The van der Waals surface area contributed by atoms with Crippen molar-refractivity contribution in [2.75, 3.05) is 0 Å². The smallest absolute Gasteiger partial charge is 0.174 e. The van der Waals surface area contributed by atoms with Crippen LogP contribution in [-0.4, -0.2) is 10.1 Å². The average molecular weight is 325 g/mol. The number of hydrogen-bond donors (Lipinski definition) is 1. The van der Waals surface area contributed by atoms with Crippen molar-refractivity contribution in [3.05, 3.63) is 48.2 Å². The molecule has 0 unspecified atom stereocenters. The number of phenolic OH excluding ortho intramolecular Hbond substituents is 1. The first-order valence-corrected chi connectivity index (χ1v) is 8.94. The lowest BCUT2D eigenvalue weighted by atomic mass is 10.0. The van der Waals surface area contributed by atoms with Gasteiger partial charge in [0, 0.05) is 6.20 Å². The number of rotatable bonds is 10. The summed E-state index contributed by atoms with van der Waals surface area (Å²) in [4.78, 5) is 4.10. The van der Waals surface area contributed by atoms with Gasteiger partial charge in [-0.15, -0.1) is 10.2 Å². The highest BCUT2D eigenvalue weighted by Crippen LogP contribution is 2.29. The first-order valence-electron chi connectivity index (χ1n) is 8.94. The van der Waals surface area contributed by atoms with Gasteiger partial charge in [-0.2, -0.15) is 0 Å². The lowest BCUT2D eigenvalue weighted by Crippen LogP contribution is -1.86. The number of benzene rings is 1. The number of unbranched alkanes of at least 4 members (excludes halogenated alkanes) is 6.